The Morgan fingerprint density at radius 1 is 1.03 bits per heavy atom. The van der Waals surface area contributed by atoms with Crippen molar-refractivity contribution in [1.82, 2.24) is 10.3 Å². The SMILES string of the molecule is NC(C(=O)Nc1cncc(F)c1CC[C@@H]1CNC[C@@H](CO)O1)C(c1ccc(F)cc1)c1ccc(F)cc1. The lowest BCUT2D eigenvalue weighted by Gasteiger charge is -2.30. The van der Waals surface area contributed by atoms with Crippen LogP contribution in [0, 0.1) is 17.5 Å². The molecule has 5 N–H and O–H groups in total. The number of hydrogen-bond acceptors (Lipinski definition) is 6. The molecule has 0 saturated carbocycles. The fourth-order valence-corrected chi connectivity index (χ4v) is 4.50. The third-order valence-corrected chi connectivity index (χ3v) is 6.43. The molecule has 10 heteroatoms. The van der Waals surface area contributed by atoms with E-state index in [0.29, 0.717) is 30.6 Å². The number of anilines is 1. The van der Waals surface area contributed by atoms with Crippen molar-refractivity contribution in [3.8, 4) is 0 Å². The summed E-state index contributed by atoms with van der Waals surface area (Å²) in [7, 11) is 0. The second-order valence-corrected chi connectivity index (χ2v) is 9.00. The highest BCUT2D eigenvalue weighted by Crippen LogP contribution is 2.29. The molecule has 1 aliphatic rings. The summed E-state index contributed by atoms with van der Waals surface area (Å²) in [5.74, 6) is -2.80. The van der Waals surface area contributed by atoms with Gasteiger partial charge in [0.05, 0.1) is 42.9 Å². The van der Waals surface area contributed by atoms with Crippen molar-refractivity contribution in [1.29, 1.82) is 0 Å². The van der Waals surface area contributed by atoms with Crippen molar-refractivity contribution in [2.45, 2.75) is 37.0 Å². The summed E-state index contributed by atoms with van der Waals surface area (Å²) in [6.07, 6.45) is 2.57. The van der Waals surface area contributed by atoms with Crippen LogP contribution in [0.5, 0.6) is 0 Å². The van der Waals surface area contributed by atoms with E-state index < -0.39 is 35.3 Å². The van der Waals surface area contributed by atoms with Crippen molar-refractivity contribution >= 4 is 11.6 Å². The zero-order chi connectivity index (χ0) is 26.4. The van der Waals surface area contributed by atoms with Crippen LogP contribution >= 0.6 is 0 Å². The number of ether oxygens (including phenoxy) is 1. The molecule has 0 aliphatic carbocycles. The molecule has 7 nitrogen and oxygen atoms in total. The molecule has 1 aromatic heterocycles. The topological polar surface area (TPSA) is 110 Å². The molecule has 2 aromatic carbocycles. The minimum Gasteiger partial charge on any atom is -0.394 e. The number of rotatable bonds is 9. The normalized spacial score (nSPS) is 18.5. The van der Waals surface area contributed by atoms with Gasteiger partial charge in [0.2, 0.25) is 5.91 Å². The first kappa shape index (κ1) is 26.7. The number of aromatic nitrogens is 1. The highest BCUT2D eigenvalue weighted by molar-refractivity contribution is 5.96. The summed E-state index contributed by atoms with van der Waals surface area (Å²) < 4.78 is 47.7. The first-order chi connectivity index (χ1) is 17.9. The van der Waals surface area contributed by atoms with Gasteiger partial charge in [-0.25, -0.2) is 13.2 Å². The van der Waals surface area contributed by atoms with Crippen LogP contribution < -0.4 is 16.4 Å². The maximum atomic E-state index is 14.8. The predicted molar refractivity (Wildman–Crippen MR) is 132 cm³/mol. The van der Waals surface area contributed by atoms with Crippen molar-refractivity contribution in [2.24, 2.45) is 5.73 Å². The van der Waals surface area contributed by atoms with Crippen LogP contribution in [0.3, 0.4) is 0 Å². The summed E-state index contributed by atoms with van der Waals surface area (Å²) in [4.78, 5) is 17.2. The molecule has 37 heavy (non-hydrogen) atoms. The van der Waals surface area contributed by atoms with E-state index in [4.69, 9.17) is 10.5 Å². The number of nitrogens with zero attached hydrogens (tertiary/aromatic N) is 1. The highest BCUT2D eigenvalue weighted by Gasteiger charge is 2.29. The van der Waals surface area contributed by atoms with E-state index >= 15 is 0 Å². The largest absolute Gasteiger partial charge is 0.394 e. The van der Waals surface area contributed by atoms with Gasteiger partial charge in [-0.1, -0.05) is 24.3 Å². The number of aliphatic hydroxyl groups is 1. The second-order valence-electron chi connectivity index (χ2n) is 9.00. The van der Waals surface area contributed by atoms with E-state index in [-0.39, 0.29) is 36.5 Å². The minimum atomic E-state index is -1.16. The fourth-order valence-electron chi connectivity index (χ4n) is 4.50. The molecule has 1 unspecified atom stereocenters. The molecule has 0 radical (unpaired) electrons. The van der Waals surface area contributed by atoms with E-state index in [1.165, 1.54) is 54.7 Å². The van der Waals surface area contributed by atoms with Crippen LogP contribution in [0.2, 0.25) is 0 Å². The fraction of sp³-hybridized carbons (Fsp3) is 0.333. The lowest BCUT2D eigenvalue weighted by atomic mass is 9.85. The van der Waals surface area contributed by atoms with Gasteiger partial charge in [0.15, 0.2) is 0 Å². The number of nitrogens with one attached hydrogen (secondary N) is 2. The number of aliphatic hydroxyl groups excluding tert-OH is 1. The lowest BCUT2D eigenvalue weighted by Crippen LogP contribution is -2.46. The zero-order valence-corrected chi connectivity index (χ0v) is 20.0. The van der Waals surface area contributed by atoms with Crippen LogP contribution in [0.15, 0.2) is 60.9 Å². The molecule has 2 heterocycles. The summed E-state index contributed by atoms with van der Waals surface area (Å²) in [6, 6.07) is 9.94. The van der Waals surface area contributed by atoms with E-state index in [1.807, 2.05) is 0 Å². The van der Waals surface area contributed by atoms with E-state index in [1.54, 1.807) is 0 Å². The van der Waals surface area contributed by atoms with Gasteiger partial charge >= 0.3 is 0 Å². The number of carbonyl (C=O) groups is 1. The summed E-state index contributed by atoms with van der Waals surface area (Å²) in [5.41, 5.74) is 7.96. The number of halogens is 3. The molecular formula is C27H29F3N4O3. The lowest BCUT2D eigenvalue weighted by molar-refractivity contribution is -0.117. The number of hydrogen-bond donors (Lipinski definition) is 4. The average molecular weight is 515 g/mol. The molecular weight excluding hydrogens is 485 g/mol. The first-order valence-electron chi connectivity index (χ1n) is 12.0. The molecule has 1 amide bonds. The molecule has 1 saturated heterocycles. The van der Waals surface area contributed by atoms with E-state index in [9.17, 15) is 23.1 Å². The maximum absolute atomic E-state index is 14.8. The van der Waals surface area contributed by atoms with Crippen LogP contribution in [-0.2, 0) is 16.0 Å². The molecule has 3 atom stereocenters. The molecule has 0 bridgehead atoms. The number of morpholine rings is 1. The Balaban J connectivity index is 1.53. The van der Waals surface area contributed by atoms with Gasteiger partial charge in [-0.05, 0) is 48.2 Å². The first-order valence-corrected chi connectivity index (χ1v) is 12.0. The Labute approximate surface area is 212 Å². The van der Waals surface area contributed by atoms with Crippen LogP contribution in [-0.4, -0.2) is 53.9 Å². The van der Waals surface area contributed by atoms with Gasteiger partial charge < -0.3 is 26.2 Å². The van der Waals surface area contributed by atoms with Crippen molar-refractivity contribution < 1.29 is 27.8 Å². The Morgan fingerprint density at radius 2 is 1.62 bits per heavy atom. The van der Waals surface area contributed by atoms with Crippen LogP contribution in [0.25, 0.3) is 0 Å². The Kier molecular flexibility index (Phi) is 8.88. The van der Waals surface area contributed by atoms with Gasteiger partial charge in [-0.15, -0.1) is 0 Å². The van der Waals surface area contributed by atoms with Crippen molar-refractivity contribution in [2.75, 3.05) is 25.0 Å². The molecule has 196 valence electrons. The summed E-state index contributed by atoms with van der Waals surface area (Å²) in [6.45, 7) is 0.988. The monoisotopic (exact) mass is 514 g/mol. The maximum Gasteiger partial charge on any atom is 0.242 e. The molecule has 1 fully saturated rings. The molecule has 0 spiro atoms. The number of nitrogens with two attached hydrogens (primary N) is 1. The molecule has 4 rings (SSSR count). The van der Waals surface area contributed by atoms with Gasteiger partial charge in [0.1, 0.15) is 17.5 Å². The number of benzene rings is 2. The van der Waals surface area contributed by atoms with Crippen LogP contribution in [0.1, 0.15) is 29.0 Å². The van der Waals surface area contributed by atoms with Crippen LogP contribution in [0.4, 0.5) is 18.9 Å². The number of pyridine rings is 1. The van der Waals surface area contributed by atoms with E-state index in [2.05, 4.69) is 15.6 Å². The smallest absolute Gasteiger partial charge is 0.242 e. The van der Waals surface area contributed by atoms with Crippen molar-refractivity contribution in [3.05, 3.63) is 95.1 Å². The Bertz CT molecular complexity index is 1150. The Hall–Kier alpha value is -3.31. The highest BCUT2D eigenvalue weighted by atomic mass is 19.1. The zero-order valence-electron chi connectivity index (χ0n) is 20.0. The summed E-state index contributed by atoms with van der Waals surface area (Å²) in [5, 5.41) is 15.2. The Morgan fingerprint density at radius 3 is 2.22 bits per heavy atom. The third kappa shape index (κ3) is 6.72. The minimum absolute atomic E-state index is 0.115. The average Bonchev–Trinajstić information content (AvgIpc) is 2.90. The number of amides is 1. The van der Waals surface area contributed by atoms with Crippen molar-refractivity contribution in [3.63, 3.8) is 0 Å². The van der Waals surface area contributed by atoms with Gasteiger partial charge in [-0.3, -0.25) is 9.78 Å². The van der Waals surface area contributed by atoms with Gasteiger partial charge in [-0.2, -0.15) is 0 Å². The van der Waals surface area contributed by atoms with Gasteiger partial charge in [0, 0.05) is 24.6 Å². The van der Waals surface area contributed by atoms with Gasteiger partial charge in [0.25, 0.3) is 0 Å². The molecule has 3 aromatic rings. The number of carbonyl (C=O) groups excluding carboxylic acids is 1. The van der Waals surface area contributed by atoms with E-state index in [0.717, 1.165) is 6.20 Å². The standard InChI is InChI=1S/C27H29F3N4O3/c28-18-5-1-16(2-6-18)25(17-3-7-19(29)8-4-17)26(31)27(36)34-24-14-33-13-23(30)22(24)10-9-20-11-32-12-21(15-35)37-20/h1-8,13-14,20-21,25-26,32,35H,9-12,15,31H2,(H,34,36)/t20-,21+,26?/m1/s1. The predicted octanol–water partition coefficient (Wildman–Crippen LogP) is 2.88. The summed E-state index contributed by atoms with van der Waals surface area (Å²) >= 11 is 0. The second kappa shape index (κ2) is 12.3. The quantitative estimate of drug-likeness (QED) is 0.350. The molecule has 1 aliphatic heterocycles. The third-order valence-electron chi connectivity index (χ3n) is 6.43.